The number of nitrogens with one attached hydrogen (secondary N) is 2. The lowest BCUT2D eigenvalue weighted by Gasteiger charge is -2.16. The Morgan fingerprint density at radius 2 is 1.55 bits per heavy atom. The number of aliphatic hydroxyl groups excluding tert-OH is 2. The number of rotatable bonds is 7. The Bertz CT molecular complexity index is 632. The minimum Gasteiger partial charge on any atom is -0.399 e. The van der Waals surface area contributed by atoms with Gasteiger partial charge in [0, 0.05) is 47.0 Å². The molecule has 0 radical (unpaired) electrons. The second-order valence-electron chi connectivity index (χ2n) is 4.91. The molecule has 0 atom stereocenters. The maximum atomic E-state index is 9.01. The Labute approximate surface area is 129 Å². The molecule has 0 amide bonds. The number of aliphatic hydroxyl groups is 2. The van der Waals surface area contributed by atoms with E-state index in [0.29, 0.717) is 24.5 Å². The average molecular weight is 302 g/mol. The summed E-state index contributed by atoms with van der Waals surface area (Å²) in [5, 5.41) is 24.2. The molecule has 0 aliphatic heterocycles. The predicted octanol–water partition coefficient (Wildman–Crippen LogP) is 1.33. The van der Waals surface area contributed by atoms with Crippen molar-refractivity contribution in [1.29, 1.82) is 0 Å². The maximum Gasteiger partial charge on any atom is 0.0604 e. The Balaban J connectivity index is 2.45. The van der Waals surface area contributed by atoms with E-state index in [1.165, 1.54) is 0 Å². The highest BCUT2D eigenvalue weighted by Crippen LogP contribution is 2.35. The standard InChI is InChI=1S/C16H22N4O2/c17-11-1-3-15(18)13(9-11)14-10-12(19-5-7-21)2-4-16(14)20-6-8-22/h1-4,9-10,19-22H,5-8,17-18H2. The van der Waals surface area contributed by atoms with Crippen LogP contribution in [-0.2, 0) is 0 Å². The Kier molecular flexibility index (Phi) is 5.46. The van der Waals surface area contributed by atoms with E-state index in [1.807, 2.05) is 24.3 Å². The van der Waals surface area contributed by atoms with Gasteiger partial charge in [-0.05, 0) is 36.4 Å². The molecule has 22 heavy (non-hydrogen) atoms. The Hall–Kier alpha value is -2.44. The highest BCUT2D eigenvalue weighted by Gasteiger charge is 2.10. The van der Waals surface area contributed by atoms with Crippen molar-refractivity contribution in [3.8, 4) is 11.1 Å². The van der Waals surface area contributed by atoms with Crippen molar-refractivity contribution in [2.45, 2.75) is 0 Å². The molecule has 6 nitrogen and oxygen atoms in total. The molecule has 118 valence electrons. The van der Waals surface area contributed by atoms with Crippen molar-refractivity contribution >= 4 is 22.7 Å². The van der Waals surface area contributed by atoms with Crippen LogP contribution in [0.25, 0.3) is 11.1 Å². The first-order chi connectivity index (χ1) is 10.7. The van der Waals surface area contributed by atoms with Crippen LogP contribution in [-0.4, -0.2) is 36.5 Å². The van der Waals surface area contributed by atoms with Crippen LogP contribution in [0.5, 0.6) is 0 Å². The maximum absolute atomic E-state index is 9.01. The molecular weight excluding hydrogens is 280 g/mol. The minimum atomic E-state index is 0.0381. The lowest BCUT2D eigenvalue weighted by molar-refractivity contribution is 0.310. The third kappa shape index (κ3) is 3.81. The summed E-state index contributed by atoms with van der Waals surface area (Å²) < 4.78 is 0. The first-order valence-electron chi connectivity index (χ1n) is 7.14. The van der Waals surface area contributed by atoms with Gasteiger partial charge in [0.25, 0.3) is 0 Å². The van der Waals surface area contributed by atoms with Crippen LogP contribution in [0.2, 0.25) is 0 Å². The molecule has 0 aromatic heterocycles. The second-order valence-corrected chi connectivity index (χ2v) is 4.91. The number of nitrogens with two attached hydrogens (primary N) is 2. The van der Waals surface area contributed by atoms with Crippen LogP contribution < -0.4 is 22.1 Å². The van der Waals surface area contributed by atoms with E-state index in [0.717, 1.165) is 22.5 Å². The van der Waals surface area contributed by atoms with Crippen molar-refractivity contribution in [3.05, 3.63) is 36.4 Å². The fourth-order valence-electron chi connectivity index (χ4n) is 2.23. The van der Waals surface area contributed by atoms with Crippen LogP contribution in [0.15, 0.2) is 36.4 Å². The average Bonchev–Trinajstić information content (AvgIpc) is 2.53. The van der Waals surface area contributed by atoms with Gasteiger partial charge in [-0.25, -0.2) is 0 Å². The van der Waals surface area contributed by atoms with Crippen LogP contribution in [0, 0.1) is 0 Å². The zero-order chi connectivity index (χ0) is 15.9. The molecule has 0 saturated heterocycles. The first kappa shape index (κ1) is 15.9. The van der Waals surface area contributed by atoms with E-state index in [-0.39, 0.29) is 13.2 Å². The monoisotopic (exact) mass is 302 g/mol. The molecule has 2 aromatic rings. The first-order valence-corrected chi connectivity index (χ1v) is 7.14. The normalized spacial score (nSPS) is 10.5. The topological polar surface area (TPSA) is 117 Å². The van der Waals surface area contributed by atoms with E-state index in [1.54, 1.807) is 12.1 Å². The highest BCUT2D eigenvalue weighted by molar-refractivity contribution is 5.88. The lowest BCUT2D eigenvalue weighted by Crippen LogP contribution is -2.09. The van der Waals surface area contributed by atoms with Gasteiger partial charge in [-0.15, -0.1) is 0 Å². The van der Waals surface area contributed by atoms with Crippen molar-refractivity contribution < 1.29 is 10.2 Å². The van der Waals surface area contributed by atoms with Gasteiger partial charge < -0.3 is 32.3 Å². The molecule has 0 saturated carbocycles. The number of benzene rings is 2. The Morgan fingerprint density at radius 3 is 2.27 bits per heavy atom. The zero-order valence-corrected chi connectivity index (χ0v) is 12.3. The molecule has 0 aliphatic rings. The Morgan fingerprint density at radius 1 is 0.818 bits per heavy atom. The number of nitrogen functional groups attached to an aromatic ring is 2. The highest BCUT2D eigenvalue weighted by atomic mass is 16.3. The summed E-state index contributed by atoms with van der Waals surface area (Å²) in [5.41, 5.74) is 16.7. The van der Waals surface area contributed by atoms with Crippen molar-refractivity contribution in [3.63, 3.8) is 0 Å². The van der Waals surface area contributed by atoms with E-state index in [4.69, 9.17) is 21.7 Å². The number of anilines is 4. The van der Waals surface area contributed by atoms with Gasteiger partial charge in [-0.1, -0.05) is 0 Å². The van der Waals surface area contributed by atoms with Gasteiger partial charge in [-0.2, -0.15) is 0 Å². The van der Waals surface area contributed by atoms with Crippen LogP contribution in [0.3, 0.4) is 0 Å². The van der Waals surface area contributed by atoms with E-state index >= 15 is 0 Å². The lowest BCUT2D eigenvalue weighted by atomic mass is 10.00. The van der Waals surface area contributed by atoms with Gasteiger partial charge in [0.1, 0.15) is 0 Å². The molecule has 0 spiro atoms. The predicted molar refractivity (Wildman–Crippen MR) is 91.9 cm³/mol. The molecule has 2 rings (SSSR count). The van der Waals surface area contributed by atoms with E-state index in [2.05, 4.69) is 10.6 Å². The second kappa shape index (κ2) is 7.53. The third-order valence-electron chi connectivity index (χ3n) is 3.26. The number of hydrogen-bond acceptors (Lipinski definition) is 6. The molecule has 0 unspecified atom stereocenters. The largest absolute Gasteiger partial charge is 0.399 e. The van der Waals surface area contributed by atoms with E-state index in [9.17, 15) is 0 Å². The van der Waals surface area contributed by atoms with Crippen molar-refractivity contribution in [2.75, 3.05) is 48.4 Å². The third-order valence-corrected chi connectivity index (χ3v) is 3.26. The summed E-state index contributed by atoms with van der Waals surface area (Å²) in [6, 6.07) is 11.1. The SMILES string of the molecule is Nc1ccc(N)c(-c2cc(NCCO)ccc2NCCO)c1. The van der Waals surface area contributed by atoms with Gasteiger partial charge in [0.2, 0.25) is 0 Å². The summed E-state index contributed by atoms with van der Waals surface area (Å²) in [6.07, 6.45) is 0. The summed E-state index contributed by atoms with van der Waals surface area (Å²) >= 11 is 0. The quantitative estimate of drug-likeness (QED) is 0.430. The molecule has 0 fully saturated rings. The summed E-state index contributed by atoms with van der Waals surface area (Å²) in [4.78, 5) is 0. The summed E-state index contributed by atoms with van der Waals surface area (Å²) in [5.74, 6) is 0. The minimum absolute atomic E-state index is 0.0381. The molecular formula is C16H22N4O2. The van der Waals surface area contributed by atoms with Gasteiger partial charge >= 0.3 is 0 Å². The molecule has 0 heterocycles. The van der Waals surface area contributed by atoms with Crippen LogP contribution >= 0.6 is 0 Å². The number of hydrogen-bond donors (Lipinski definition) is 6. The van der Waals surface area contributed by atoms with Gasteiger partial charge in [0.05, 0.1) is 13.2 Å². The molecule has 0 aliphatic carbocycles. The fraction of sp³-hybridized carbons (Fsp3) is 0.250. The van der Waals surface area contributed by atoms with Gasteiger partial charge in [-0.3, -0.25) is 0 Å². The van der Waals surface area contributed by atoms with Crippen LogP contribution in [0.4, 0.5) is 22.7 Å². The molecule has 0 bridgehead atoms. The zero-order valence-electron chi connectivity index (χ0n) is 12.3. The van der Waals surface area contributed by atoms with Crippen LogP contribution in [0.1, 0.15) is 0 Å². The summed E-state index contributed by atoms with van der Waals surface area (Å²) in [7, 11) is 0. The van der Waals surface area contributed by atoms with Crippen molar-refractivity contribution in [2.24, 2.45) is 0 Å². The molecule has 6 heteroatoms. The molecule has 8 N–H and O–H groups in total. The summed E-state index contributed by atoms with van der Waals surface area (Å²) in [6.45, 7) is 1.00. The van der Waals surface area contributed by atoms with Gasteiger partial charge in [0.15, 0.2) is 0 Å². The molecule has 2 aromatic carbocycles. The van der Waals surface area contributed by atoms with Crippen molar-refractivity contribution in [1.82, 2.24) is 0 Å². The fourth-order valence-corrected chi connectivity index (χ4v) is 2.23. The smallest absolute Gasteiger partial charge is 0.0604 e. The van der Waals surface area contributed by atoms with E-state index < -0.39 is 0 Å².